The zero-order valence-corrected chi connectivity index (χ0v) is 9.24. The highest BCUT2D eigenvalue weighted by atomic mass is 16.5. The van der Waals surface area contributed by atoms with E-state index >= 15 is 0 Å². The molecule has 3 nitrogen and oxygen atoms in total. The quantitative estimate of drug-likeness (QED) is 0.698. The lowest BCUT2D eigenvalue weighted by atomic mass is 10.2. The highest BCUT2D eigenvalue weighted by Crippen LogP contribution is 2.12. The summed E-state index contributed by atoms with van der Waals surface area (Å²) in [7, 11) is 1.71. The van der Waals surface area contributed by atoms with Crippen LogP contribution < -0.4 is 10.5 Å². The third kappa shape index (κ3) is 4.81. The maximum atomic E-state index is 5.56. The van der Waals surface area contributed by atoms with Gasteiger partial charge in [-0.15, -0.1) is 0 Å². The SMILES string of the molecule is COCCCCOc1ccc(CN)cc1. The predicted molar refractivity (Wildman–Crippen MR) is 60.9 cm³/mol. The molecule has 0 fully saturated rings. The molecule has 0 heterocycles. The molecule has 3 heteroatoms. The van der Waals surface area contributed by atoms with Gasteiger partial charge in [-0.3, -0.25) is 0 Å². The first kappa shape index (κ1) is 12.0. The summed E-state index contributed by atoms with van der Waals surface area (Å²) < 4.78 is 10.5. The third-order valence-electron chi connectivity index (χ3n) is 2.17. The summed E-state index contributed by atoms with van der Waals surface area (Å²) in [6, 6.07) is 7.89. The van der Waals surface area contributed by atoms with Crippen molar-refractivity contribution in [3.63, 3.8) is 0 Å². The fourth-order valence-electron chi connectivity index (χ4n) is 1.26. The van der Waals surface area contributed by atoms with Crippen molar-refractivity contribution in [2.75, 3.05) is 20.3 Å². The van der Waals surface area contributed by atoms with Crippen LogP contribution in [-0.4, -0.2) is 20.3 Å². The summed E-state index contributed by atoms with van der Waals surface area (Å²) >= 11 is 0. The summed E-state index contributed by atoms with van der Waals surface area (Å²) in [4.78, 5) is 0. The number of rotatable bonds is 7. The van der Waals surface area contributed by atoms with Crippen LogP contribution in [0.3, 0.4) is 0 Å². The minimum Gasteiger partial charge on any atom is -0.494 e. The van der Waals surface area contributed by atoms with Crippen molar-refractivity contribution >= 4 is 0 Å². The van der Waals surface area contributed by atoms with Gasteiger partial charge in [0, 0.05) is 20.3 Å². The number of hydrogen-bond acceptors (Lipinski definition) is 3. The first-order valence-corrected chi connectivity index (χ1v) is 5.27. The molecule has 0 aliphatic carbocycles. The molecule has 0 saturated carbocycles. The van der Waals surface area contributed by atoms with Gasteiger partial charge in [0.1, 0.15) is 5.75 Å². The molecule has 0 saturated heterocycles. The molecule has 0 bridgehead atoms. The molecule has 1 aromatic carbocycles. The second-order valence-electron chi connectivity index (χ2n) is 3.40. The lowest BCUT2D eigenvalue weighted by molar-refractivity contribution is 0.184. The van der Waals surface area contributed by atoms with Crippen molar-refractivity contribution in [1.29, 1.82) is 0 Å². The van der Waals surface area contributed by atoms with Crippen LogP contribution in [0.15, 0.2) is 24.3 Å². The van der Waals surface area contributed by atoms with Crippen LogP contribution in [0.4, 0.5) is 0 Å². The normalized spacial score (nSPS) is 10.3. The molecule has 1 rings (SSSR count). The first-order valence-electron chi connectivity index (χ1n) is 5.27. The number of benzene rings is 1. The van der Waals surface area contributed by atoms with Gasteiger partial charge in [0.25, 0.3) is 0 Å². The Morgan fingerprint density at radius 1 is 1.07 bits per heavy atom. The minimum absolute atomic E-state index is 0.577. The van der Waals surface area contributed by atoms with Crippen LogP contribution in [0.2, 0.25) is 0 Å². The van der Waals surface area contributed by atoms with E-state index in [4.69, 9.17) is 15.2 Å². The molecule has 0 spiro atoms. The molecule has 0 aromatic heterocycles. The Morgan fingerprint density at radius 2 is 1.73 bits per heavy atom. The second kappa shape index (κ2) is 7.26. The zero-order chi connectivity index (χ0) is 10.9. The zero-order valence-electron chi connectivity index (χ0n) is 9.24. The molecular formula is C12H19NO2. The molecular weight excluding hydrogens is 190 g/mol. The molecule has 84 valence electrons. The number of unbranched alkanes of at least 4 members (excludes halogenated alkanes) is 1. The van der Waals surface area contributed by atoms with E-state index in [1.54, 1.807) is 7.11 Å². The number of methoxy groups -OCH3 is 1. The largest absolute Gasteiger partial charge is 0.494 e. The highest BCUT2D eigenvalue weighted by molar-refractivity contribution is 5.26. The van der Waals surface area contributed by atoms with Crippen LogP contribution >= 0.6 is 0 Å². The van der Waals surface area contributed by atoms with E-state index in [0.29, 0.717) is 6.54 Å². The third-order valence-corrected chi connectivity index (χ3v) is 2.17. The summed E-state index contributed by atoms with van der Waals surface area (Å²) in [6.07, 6.45) is 2.06. The maximum Gasteiger partial charge on any atom is 0.119 e. The van der Waals surface area contributed by atoms with Crippen LogP contribution in [-0.2, 0) is 11.3 Å². The molecule has 1 aromatic rings. The van der Waals surface area contributed by atoms with E-state index in [9.17, 15) is 0 Å². The molecule has 0 aliphatic heterocycles. The van der Waals surface area contributed by atoms with Crippen molar-refractivity contribution in [1.82, 2.24) is 0 Å². The topological polar surface area (TPSA) is 44.5 Å². The van der Waals surface area contributed by atoms with Crippen LogP contribution in [0, 0.1) is 0 Å². The molecule has 0 radical (unpaired) electrons. The Bertz CT molecular complexity index is 259. The number of hydrogen-bond donors (Lipinski definition) is 1. The van der Waals surface area contributed by atoms with Gasteiger partial charge in [-0.25, -0.2) is 0 Å². The van der Waals surface area contributed by atoms with Crippen LogP contribution in [0.5, 0.6) is 5.75 Å². The predicted octanol–water partition coefficient (Wildman–Crippen LogP) is 1.95. The van der Waals surface area contributed by atoms with Gasteiger partial charge in [-0.05, 0) is 30.5 Å². The van der Waals surface area contributed by atoms with Crippen molar-refractivity contribution in [2.45, 2.75) is 19.4 Å². The second-order valence-corrected chi connectivity index (χ2v) is 3.40. The fourth-order valence-corrected chi connectivity index (χ4v) is 1.26. The Kier molecular flexibility index (Phi) is 5.81. The van der Waals surface area contributed by atoms with E-state index in [1.165, 1.54) is 0 Å². The first-order chi connectivity index (χ1) is 7.36. The van der Waals surface area contributed by atoms with Gasteiger partial charge < -0.3 is 15.2 Å². The van der Waals surface area contributed by atoms with Crippen molar-refractivity contribution in [3.8, 4) is 5.75 Å². The van der Waals surface area contributed by atoms with Crippen LogP contribution in [0.25, 0.3) is 0 Å². The average molecular weight is 209 g/mol. The Morgan fingerprint density at radius 3 is 2.33 bits per heavy atom. The van der Waals surface area contributed by atoms with E-state index in [0.717, 1.165) is 37.4 Å². The van der Waals surface area contributed by atoms with E-state index < -0.39 is 0 Å². The number of ether oxygens (including phenoxy) is 2. The Balaban J connectivity index is 2.20. The lowest BCUT2D eigenvalue weighted by Gasteiger charge is -2.06. The van der Waals surface area contributed by atoms with Crippen molar-refractivity contribution < 1.29 is 9.47 Å². The maximum absolute atomic E-state index is 5.56. The summed E-state index contributed by atoms with van der Waals surface area (Å²) in [5, 5.41) is 0. The summed E-state index contributed by atoms with van der Waals surface area (Å²) in [6.45, 7) is 2.12. The lowest BCUT2D eigenvalue weighted by Crippen LogP contribution is -2.00. The van der Waals surface area contributed by atoms with E-state index in [2.05, 4.69) is 0 Å². The summed E-state index contributed by atoms with van der Waals surface area (Å²) in [5.41, 5.74) is 6.63. The summed E-state index contributed by atoms with van der Waals surface area (Å²) in [5.74, 6) is 0.907. The Hall–Kier alpha value is -1.06. The average Bonchev–Trinajstić information content (AvgIpc) is 2.30. The highest BCUT2D eigenvalue weighted by Gasteiger charge is 1.94. The molecule has 15 heavy (non-hydrogen) atoms. The molecule has 0 aliphatic rings. The van der Waals surface area contributed by atoms with Gasteiger partial charge in [0.2, 0.25) is 0 Å². The molecule has 0 atom stereocenters. The van der Waals surface area contributed by atoms with Gasteiger partial charge in [-0.1, -0.05) is 12.1 Å². The van der Waals surface area contributed by atoms with Gasteiger partial charge >= 0.3 is 0 Å². The van der Waals surface area contributed by atoms with Gasteiger partial charge in [0.15, 0.2) is 0 Å². The van der Waals surface area contributed by atoms with Crippen molar-refractivity contribution in [3.05, 3.63) is 29.8 Å². The van der Waals surface area contributed by atoms with E-state index in [1.807, 2.05) is 24.3 Å². The minimum atomic E-state index is 0.577. The molecule has 0 amide bonds. The molecule has 0 unspecified atom stereocenters. The smallest absolute Gasteiger partial charge is 0.119 e. The molecule has 2 N–H and O–H groups in total. The standard InChI is InChI=1S/C12H19NO2/c1-14-8-2-3-9-15-12-6-4-11(10-13)5-7-12/h4-7H,2-3,8-10,13H2,1H3. The van der Waals surface area contributed by atoms with Crippen LogP contribution in [0.1, 0.15) is 18.4 Å². The van der Waals surface area contributed by atoms with Crippen molar-refractivity contribution in [2.24, 2.45) is 5.73 Å². The Labute approximate surface area is 91.2 Å². The fraction of sp³-hybridized carbons (Fsp3) is 0.500. The van der Waals surface area contributed by atoms with Gasteiger partial charge in [0.05, 0.1) is 6.61 Å². The number of nitrogens with two attached hydrogens (primary N) is 1. The van der Waals surface area contributed by atoms with Gasteiger partial charge in [-0.2, -0.15) is 0 Å². The monoisotopic (exact) mass is 209 g/mol. The van der Waals surface area contributed by atoms with E-state index in [-0.39, 0.29) is 0 Å².